The first-order valence-corrected chi connectivity index (χ1v) is 7.44. The van der Waals surface area contributed by atoms with Crippen molar-refractivity contribution in [2.75, 3.05) is 20.3 Å². The van der Waals surface area contributed by atoms with Crippen LogP contribution in [-0.4, -0.2) is 42.8 Å². The molecule has 0 atom stereocenters. The largest absolute Gasteiger partial charge is 0.496 e. The lowest BCUT2D eigenvalue weighted by Crippen LogP contribution is -2.41. The third kappa shape index (κ3) is 3.21. The Kier molecular flexibility index (Phi) is 4.47. The van der Waals surface area contributed by atoms with Crippen LogP contribution < -0.4 is 9.47 Å². The topological polar surface area (TPSA) is 72.9 Å². The van der Waals surface area contributed by atoms with Gasteiger partial charge in [-0.2, -0.15) is 0 Å². The fourth-order valence-electron chi connectivity index (χ4n) is 2.53. The summed E-state index contributed by atoms with van der Waals surface area (Å²) >= 11 is 0. The van der Waals surface area contributed by atoms with E-state index in [0.717, 1.165) is 17.0 Å². The molecule has 3 rings (SSSR count). The molecule has 1 aliphatic rings. The summed E-state index contributed by atoms with van der Waals surface area (Å²) in [6.45, 7) is -0.897. The minimum Gasteiger partial charge on any atom is -0.496 e. The van der Waals surface area contributed by atoms with Gasteiger partial charge in [0.25, 0.3) is 11.8 Å². The molecule has 7 heteroatoms. The molecule has 0 saturated heterocycles. The van der Waals surface area contributed by atoms with E-state index < -0.39 is 30.0 Å². The molecule has 0 aromatic heterocycles. The number of ether oxygens (including phenoxy) is 2. The first-order valence-electron chi connectivity index (χ1n) is 7.44. The summed E-state index contributed by atoms with van der Waals surface area (Å²) in [4.78, 5) is 38.1. The van der Waals surface area contributed by atoms with Gasteiger partial charge in [-0.3, -0.25) is 19.3 Å². The summed E-state index contributed by atoms with van der Waals surface area (Å²) < 4.78 is 23.8. The van der Waals surface area contributed by atoms with Crippen molar-refractivity contribution in [2.45, 2.75) is 0 Å². The third-order valence-electron chi connectivity index (χ3n) is 3.78. The minimum absolute atomic E-state index is 0.0402. The first kappa shape index (κ1) is 16.6. The average Bonchev–Trinajstić information content (AvgIpc) is 2.74. The summed E-state index contributed by atoms with van der Waals surface area (Å²) in [5.41, 5.74) is 0.147. The summed E-state index contributed by atoms with van der Waals surface area (Å²) in [7, 11) is 1.34. The quantitative estimate of drug-likeness (QED) is 0.628. The molecule has 0 spiro atoms. The Labute approximate surface area is 142 Å². The zero-order valence-electron chi connectivity index (χ0n) is 13.3. The molecule has 2 aromatic carbocycles. The van der Waals surface area contributed by atoms with Crippen LogP contribution in [-0.2, 0) is 4.79 Å². The number of fused-ring (bicyclic) bond motifs is 1. The second-order valence-electron chi connectivity index (χ2n) is 5.34. The number of carbonyl (C=O) groups excluding carboxylic acids is 3. The lowest BCUT2D eigenvalue weighted by molar-refractivity contribution is -0.129. The molecule has 0 aliphatic carbocycles. The zero-order valence-corrected chi connectivity index (χ0v) is 13.3. The highest BCUT2D eigenvalue weighted by atomic mass is 19.1. The van der Waals surface area contributed by atoms with Gasteiger partial charge in [0, 0.05) is 0 Å². The number of nitrogens with zero attached hydrogens (tertiary/aromatic N) is 1. The highest BCUT2D eigenvalue weighted by Gasteiger charge is 2.31. The second kappa shape index (κ2) is 6.72. The number of hydrogen-bond donors (Lipinski definition) is 0. The van der Waals surface area contributed by atoms with Gasteiger partial charge in [-0.05, 0) is 30.3 Å². The Morgan fingerprint density at radius 1 is 1.24 bits per heavy atom. The van der Waals surface area contributed by atoms with Crippen LogP contribution in [0.2, 0.25) is 0 Å². The minimum atomic E-state index is -0.648. The molecule has 0 radical (unpaired) electrons. The van der Waals surface area contributed by atoms with Gasteiger partial charge in [0.15, 0.2) is 12.4 Å². The van der Waals surface area contributed by atoms with Crippen molar-refractivity contribution in [2.24, 2.45) is 0 Å². The molecule has 0 N–H and O–H groups in total. The van der Waals surface area contributed by atoms with E-state index >= 15 is 0 Å². The zero-order chi connectivity index (χ0) is 18.0. The van der Waals surface area contributed by atoms with E-state index in [1.807, 2.05) is 0 Å². The number of methoxy groups -OCH3 is 1. The molecule has 6 nitrogen and oxygen atoms in total. The highest BCUT2D eigenvalue weighted by Crippen LogP contribution is 2.24. The van der Waals surface area contributed by atoms with Crippen molar-refractivity contribution < 1.29 is 28.2 Å². The number of carbonyl (C=O) groups is 3. The SMILES string of the molecule is COc1ccc(F)cc1C(=O)CN1C(=O)COc2ccccc2C1=O. The van der Waals surface area contributed by atoms with E-state index in [-0.39, 0.29) is 29.2 Å². The number of amides is 2. The highest BCUT2D eigenvalue weighted by molar-refractivity contribution is 6.11. The predicted molar refractivity (Wildman–Crippen MR) is 85.3 cm³/mol. The maximum atomic E-state index is 13.5. The van der Waals surface area contributed by atoms with E-state index in [0.29, 0.717) is 0 Å². The smallest absolute Gasteiger partial charge is 0.267 e. The lowest BCUT2D eigenvalue weighted by Gasteiger charge is -2.18. The first-order chi connectivity index (χ1) is 12.0. The van der Waals surface area contributed by atoms with Gasteiger partial charge in [0.1, 0.15) is 17.3 Å². The fraction of sp³-hybridized carbons (Fsp3) is 0.167. The fourth-order valence-corrected chi connectivity index (χ4v) is 2.53. The number of imide groups is 1. The Hall–Kier alpha value is -3.22. The number of ketones is 1. The molecule has 0 saturated carbocycles. The van der Waals surface area contributed by atoms with Crippen molar-refractivity contribution in [3.8, 4) is 11.5 Å². The molecule has 0 unspecified atom stereocenters. The number of hydrogen-bond acceptors (Lipinski definition) is 5. The van der Waals surface area contributed by atoms with Crippen LogP contribution >= 0.6 is 0 Å². The maximum absolute atomic E-state index is 13.5. The number of rotatable bonds is 4. The summed E-state index contributed by atoms with van der Waals surface area (Å²) in [5, 5.41) is 0. The summed E-state index contributed by atoms with van der Waals surface area (Å²) in [6, 6.07) is 9.87. The molecule has 1 heterocycles. The molecule has 2 amide bonds. The van der Waals surface area contributed by atoms with Crippen molar-refractivity contribution in [3.63, 3.8) is 0 Å². The van der Waals surface area contributed by atoms with E-state index in [2.05, 4.69) is 0 Å². The van der Waals surface area contributed by atoms with Crippen LogP contribution in [0.5, 0.6) is 11.5 Å². The van der Waals surface area contributed by atoms with Crippen molar-refractivity contribution in [1.82, 2.24) is 4.90 Å². The van der Waals surface area contributed by atoms with E-state index in [1.165, 1.54) is 19.2 Å². The maximum Gasteiger partial charge on any atom is 0.267 e. The molecule has 2 aromatic rings. The second-order valence-corrected chi connectivity index (χ2v) is 5.34. The van der Waals surface area contributed by atoms with Crippen LogP contribution in [0, 0.1) is 5.82 Å². The number of Topliss-reactive ketones (excluding diaryl/α,β-unsaturated/α-hetero) is 1. The molecule has 128 valence electrons. The average molecular weight is 343 g/mol. The Balaban J connectivity index is 1.91. The van der Waals surface area contributed by atoms with E-state index in [9.17, 15) is 18.8 Å². The van der Waals surface area contributed by atoms with Gasteiger partial charge in [-0.25, -0.2) is 4.39 Å². The van der Waals surface area contributed by atoms with E-state index in [4.69, 9.17) is 9.47 Å². The predicted octanol–water partition coefficient (Wildman–Crippen LogP) is 2.08. The number of para-hydroxylation sites is 1. The molecular formula is C18H14FNO5. The monoisotopic (exact) mass is 343 g/mol. The lowest BCUT2D eigenvalue weighted by atomic mass is 10.1. The molecule has 25 heavy (non-hydrogen) atoms. The van der Waals surface area contributed by atoms with Crippen LogP contribution in [0.1, 0.15) is 20.7 Å². The van der Waals surface area contributed by atoms with Gasteiger partial charge >= 0.3 is 0 Å². The van der Waals surface area contributed by atoms with Crippen molar-refractivity contribution in [3.05, 3.63) is 59.4 Å². The van der Waals surface area contributed by atoms with Crippen LogP contribution in [0.25, 0.3) is 0 Å². The Morgan fingerprint density at radius 2 is 2.00 bits per heavy atom. The van der Waals surface area contributed by atoms with Gasteiger partial charge < -0.3 is 9.47 Å². The van der Waals surface area contributed by atoms with Crippen LogP contribution in [0.15, 0.2) is 42.5 Å². The molecule has 1 aliphatic heterocycles. The number of halogens is 1. The normalized spacial score (nSPS) is 13.8. The Bertz CT molecular complexity index is 864. The van der Waals surface area contributed by atoms with Gasteiger partial charge in [0.05, 0.1) is 24.8 Å². The van der Waals surface area contributed by atoms with E-state index in [1.54, 1.807) is 18.2 Å². The van der Waals surface area contributed by atoms with Gasteiger partial charge in [-0.1, -0.05) is 12.1 Å². The third-order valence-corrected chi connectivity index (χ3v) is 3.78. The van der Waals surface area contributed by atoms with Crippen molar-refractivity contribution >= 4 is 17.6 Å². The molecular weight excluding hydrogens is 329 g/mol. The summed E-state index contributed by atoms with van der Waals surface area (Å²) in [5.74, 6) is -2.08. The van der Waals surface area contributed by atoms with Crippen molar-refractivity contribution in [1.29, 1.82) is 0 Å². The summed E-state index contributed by atoms with van der Waals surface area (Å²) in [6.07, 6.45) is 0. The Morgan fingerprint density at radius 3 is 2.76 bits per heavy atom. The number of benzene rings is 2. The molecule has 0 bridgehead atoms. The standard InChI is InChI=1S/C18H14FNO5/c1-24-15-7-6-11(19)8-13(15)14(21)9-20-17(22)10-25-16-5-3-2-4-12(16)18(20)23/h2-8H,9-10H2,1H3. The van der Waals surface area contributed by atoms with Crippen LogP contribution in [0.4, 0.5) is 4.39 Å². The van der Waals surface area contributed by atoms with Crippen LogP contribution in [0.3, 0.4) is 0 Å². The molecule has 0 fully saturated rings. The van der Waals surface area contributed by atoms with Gasteiger partial charge in [0.2, 0.25) is 0 Å². The van der Waals surface area contributed by atoms with Gasteiger partial charge in [-0.15, -0.1) is 0 Å².